The van der Waals surface area contributed by atoms with E-state index in [1.54, 1.807) is 18.2 Å². The lowest BCUT2D eigenvalue weighted by Gasteiger charge is -2.62. The summed E-state index contributed by atoms with van der Waals surface area (Å²) >= 11 is 0. The highest BCUT2D eigenvalue weighted by Gasteiger charge is 2.60. The first kappa shape index (κ1) is 14.2. The Morgan fingerprint density at radius 1 is 1.19 bits per heavy atom. The second-order valence-electron chi connectivity index (χ2n) is 7.09. The fourth-order valence-corrected chi connectivity index (χ4v) is 3.80. The highest BCUT2D eigenvalue weighted by molar-refractivity contribution is 5.95. The van der Waals surface area contributed by atoms with Gasteiger partial charge < -0.3 is 20.5 Å². The molecular formula is C16H22N2O3. The Hall–Kier alpha value is -1.75. The van der Waals surface area contributed by atoms with Gasteiger partial charge in [0.1, 0.15) is 0 Å². The Morgan fingerprint density at radius 2 is 1.81 bits per heavy atom. The molecule has 0 aromatic heterocycles. The normalized spacial score (nSPS) is 27.9. The maximum Gasteiger partial charge on any atom is 0.251 e. The molecule has 1 aromatic rings. The van der Waals surface area contributed by atoms with E-state index in [4.69, 9.17) is 15.2 Å². The van der Waals surface area contributed by atoms with Crippen LogP contribution >= 0.6 is 0 Å². The van der Waals surface area contributed by atoms with Crippen LogP contribution in [-0.4, -0.2) is 24.8 Å². The lowest BCUT2D eigenvalue weighted by Crippen LogP contribution is -2.76. The van der Waals surface area contributed by atoms with Crippen LogP contribution in [0.1, 0.15) is 38.1 Å². The van der Waals surface area contributed by atoms with E-state index in [0.29, 0.717) is 17.1 Å². The molecule has 0 saturated heterocycles. The molecule has 1 aliphatic carbocycles. The van der Waals surface area contributed by atoms with Crippen LogP contribution < -0.4 is 20.5 Å². The summed E-state index contributed by atoms with van der Waals surface area (Å²) in [6.07, 6.45) is 0. The molecule has 3 rings (SSSR count). The third kappa shape index (κ3) is 1.99. The third-order valence-electron chi connectivity index (χ3n) is 5.00. The van der Waals surface area contributed by atoms with Crippen molar-refractivity contribution in [3.8, 4) is 11.5 Å². The van der Waals surface area contributed by atoms with Gasteiger partial charge in [-0.15, -0.1) is 0 Å². The quantitative estimate of drug-likeness (QED) is 0.872. The minimum absolute atomic E-state index is 0.0397. The first-order valence-corrected chi connectivity index (χ1v) is 7.20. The van der Waals surface area contributed by atoms with Gasteiger partial charge in [-0.1, -0.05) is 27.7 Å². The van der Waals surface area contributed by atoms with Crippen LogP contribution in [0, 0.1) is 10.8 Å². The first-order valence-electron chi connectivity index (χ1n) is 7.20. The molecule has 21 heavy (non-hydrogen) atoms. The van der Waals surface area contributed by atoms with Gasteiger partial charge in [-0.2, -0.15) is 0 Å². The molecule has 1 saturated carbocycles. The zero-order valence-corrected chi connectivity index (χ0v) is 12.9. The molecule has 0 atom stereocenters. The van der Waals surface area contributed by atoms with Gasteiger partial charge in [0.05, 0.1) is 0 Å². The number of nitrogens with one attached hydrogen (secondary N) is 1. The number of rotatable bonds is 2. The Kier molecular flexibility index (Phi) is 2.95. The van der Waals surface area contributed by atoms with Gasteiger partial charge in [-0.25, -0.2) is 0 Å². The van der Waals surface area contributed by atoms with Gasteiger partial charge in [0.25, 0.3) is 5.91 Å². The number of carbonyl (C=O) groups excluding carboxylic acids is 1. The van der Waals surface area contributed by atoms with E-state index in [-0.39, 0.29) is 35.6 Å². The number of ether oxygens (including phenoxy) is 2. The number of hydrogen-bond acceptors (Lipinski definition) is 4. The minimum Gasteiger partial charge on any atom is -0.454 e. The van der Waals surface area contributed by atoms with Crippen LogP contribution in [0.5, 0.6) is 11.5 Å². The predicted molar refractivity (Wildman–Crippen MR) is 79.4 cm³/mol. The van der Waals surface area contributed by atoms with Gasteiger partial charge in [0.2, 0.25) is 6.79 Å². The maximum absolute atomic E-state index is 12.5. The number of hydrogen-bond donors (Lipinski definition) is 2. The molecule has 0 unspecified atom stereocenters. The summed E-state index contributed by atoms with van der Waals surface area (Å²) < 4.78 is 10.6. The topological polar surface area (TPSA) is 73.6 Å². The van der Waals surface area contributed by atoms with Gasteiger partial charge in [0.15, 0.2) is 11.5 Å². The molecule has 1 aliphatic heterocycles. The molecule has 5 nitrogen and oxygen atoms in total. The Morgan fingerprint density at radius 3 is 2.48 bits per heavy atom. The van der Waals surface area contributed by atoms with E-state index in [9.17, 15) is 4.79 Å². The van der Waals surface area contributed by atoms with Gasteiger partial charge in [0, 0.05) is 28.5 Å². The van der Waals surface area contributed by atoms with Crippen LogP contribution in [0.25, 0.3) is 0 Å². The molecule has 114 valence electrons. The van der Waals surface area contributed by atoms with Crippen molar-refractivity contribution in [2.45, 2.75) is 39.8 Å². The fraction of sp³-hybridized carbons (Fsp3) is 0.562. The lowest BCUT2D eigenvalue weighted by atomic mass is 9.48. The van der Waals surface area contributed by atoms with Crippen molar-refractivity contribution >= 4 is 5.91 Å². The van der Waals surface area contributed by atoms with Gasteiger partial charge >= 0.3 is 0 Å². The fourth-order valence-electron chi connectivity index (χ4n) is 3.80. The van der Waals surface area contributed by atoms with Crippen molar-refractivity contribution in [2.75, 3.05) is 6.79 Å². The van der Waals surface area contributed by atoms with E-state index >= 15 is 0 Å². The number of amides is 1. The van der Waals surface area contributed by atoms with Crippen molar-refractivity contribution in [1.29, 1.82) is 0 Å². The summed E-state index contributed by atoms with van der Waals surface area (Å²) in [6.45, 7) is 8.57. The average Bonchev–Trinajstić information content (AvgIpc) is 2.90. The second-order valence-corrected chi connectivity index (χ2v) is 7.09. The zero-order chi connectivity index (χ0) is 15.4. The van der Waals surface area contributed by atoms with Crippen LogP contribution in [0.3, 0.4) is 0 Å². The molecule has 0 radical (unpaired) electrons. The van der Waals surface area contributed by atoms with Gasteiger partial charge in [-0.3, -0.25) is 4.79 Å². The number of benzene rings is 1. The Balaban J connectivity index is 1.78. The molecule has 5 heteroatoms. The molecule has 1 heterocycles. The van der Waals surface area contributed by atoms with E-state index in [0.717, 1.165) is 0 Å². The molecule has 2 aliphatic rings. The smallest absolute Gasteiger partial charge is 0.251 e. The lowest BCUT2D eigenvalue weighted by molar-refractivity contribution is -0.0663. The minimum atomic E-state index is -0.116. The maximum atomic E-state index is 12.5. The van der Waals surface area contributed by atoms with Crippen molar-refractivity contribution in [3.05, 3.63) is 23.8 Å². The van der Waals surface area contributed by atoms with E-state index in [1.807, 2.05) is 0 Å². The summed E-state index contributed by atoms with van der Waals surface area (Å²) in [7, 11) is 0. The monoisotopic (exact) mass is 290 g/mol. The molecule has 3 N–H and O–H groups in total. The average molecular weight is 290 g/mol. The van der Waals surface area contributed by atoms with Crippen LogP contribution in [0.2, 0.25) is 0 Å². The summed E-state index contributed by atoms with van der Waals surface area (Å²) in [6, 6.07) is 5.34. The van der Waals surface area contributed by atoms with Gasteiger partial charge in [-0.05, 0) is 18.2 Å². The first-order chi connectivity index (χ1) is 9.74. The van der Waals surface area contributed by atoms with Crippen molar-refractivity contribution in [1.82, 2.24) is 5.32 Å². The zero-order valence-electron chi connectivity index (χ0n) is 12.9. The van der Waals surface area contributed by atoms with Crippen LogP contribution in [0.4, 0.5) is 0 Å². The summed E-state index contributed by atoms with van der Waals surface area (Å²) in [5, 5.41) is 3.12. The third-order valence-corrected chi connectivity index (χ3v) is 5.00. The standard InChI is InChI=1S/C16H22N2O3/c1-15(2)13(17)16(3,4)14(15)18-12(19)9-5-6-10-11(7-9)21-8-20-10/h5-7,13-14H,8,17H2,1-4H3,(H,18,19). The summed E-state index contributed by atoms with van der Waals surface area (Å²) in [5.74, 6) is 1.19. The number of carbonyl (C=O) groups is 1. The Bertz CT molecular complexity index is 579. The van der Waals surface area contributed by atoms with Crippen molar-refractivity contribution < 1.29 is 14.3 Å². The number of fused-ring (bicyclic) bond motifs is 1. The van der Waals surface area contributed by atoms with Crippen molar-refractivity contribution in [3.63, 3.8) is 0 Å². The molecule has 1 amide bonds. The predicted octanol–water partition coefficient (Wildman–Crippen LogP) is 1.91. The molecule has 0 bridgehead atoms. The Labute approximate surface area is 124 Å². The highest BCUT2D eigenvalue weighted by atomic mass is 16.7. The molecular weight excluding hydrogens is 268 g/mol. The highest BCUT2D eigenvalue weighted by Crippen LogP contribution is 2.52. The van der Waals surface area contributed by atoms with Crippen molar-refractivity contribution in [2.24, 2.45) is 16.6 Å². The van der Waals surface area contributed by atoms with Crippen LogP contribution in [0.15, 0.2) is 18.2 Å². The molecule has 0 spiro atoms. The number of nitrogens with two attached hydrogens (primary N) is 1. The molecule has 1 fully saturated rings. The van der Waals surface area contributed by atoms with E-state index in [2.05, 4.69) is 33.0 Å². The largest absolute Gasteiger partial charge is 0.454 e. The summed E-state index contributed by atoms with van der Waals surface area (Å²) in [5.41, 5.74) is 6.57. The van der Waals surface area contributed by atoms with Crippen LogP contribution in [-0.2, 0) is 0 Å². The van der Waals surface area contributed by atoms with E-state index < -0.39 is 0 Å². The van der Waals surface area contributed by atoms with E-state index in [1.165, 1.54) is 0 Å². The SMILES string of the molecule is CC1(C)C(N)C(C)(C)C1NC(=O)c1ccc2c(c1)OCO2. The second kappa shape index (κ2) is 4.37. The molecule has 1 aromatic carbocycles. The summed E-state index contributed by atoms with van der Waals surface area (Å²) in [4.78, 5) is 12.5.